The van der Waals surface area contributed by atoms with Gasteiger partial charge in [0.25, 0.3) is 5.91 Å². The smallest absolute Gasteiger partial charge is 0.319 e. The molecule has 0 unspecified atom stereocenters. The number of para-hydroxylation sites is 1. The van der Waals surface area contributed by atoms with E-state index in [1.807, 2.05) is 38.1 Å². The standard InChI is InChI=1S/C21H23N3O3/c1-12-16(20(25)22-4)9-7-10-17(12)24-21(26)23-14(3)19-13(2)15-8-5-6-11-18(15)27-19/h5-11,14H,1-4H3,(H,22,25)(H2,23,24,26)/t14-/m1/s1. The van der Waals surface area contributed by atoms with Crippen LogP contribution in [-0.4, -0.2) is 19.0 Å². The first-order valence-corrected chi connectivity index (χ1v) is 8.79. The number of amides is 3. The summed E-state index contributed by atoms with van der Waals surface area (Å²) in [5.41, 5.74) is 3.63. The molecule has 2 aromatic carbocycles. The Morgan fingerprint density at radius 2 is 1.74 bits per heavy atom. The van der Waals surface area contributed by atoms with Gasteiger partial charge in [0.1, 0.15) is 11.3 Å². The SMILES string of the molecule is CNC(=O)c1cccc(NC(=O)N[C@H](C)c2oc3ccccc3c2C)c1C. The van der Waals surface area contributed by atoms with Gasteiger partial charge in [-0.2, -0.15) is 0 Å². The molecular formula is C21H23N3O3. The molecule has 0 saturated heterocycles. The van der Waals surface area contributed by atoms with E-state index in [1.165, 1.54) is 0 Å². The van der Waals surface area contributed by atoms with Crippen LogP contribution >= 0.6 is 0 Å². The highest BCUT2D eigenvalue weighted by atomic mass is 16.3. The number of benzene rings is 2. The minimum absolute atomic E-state index is 0.192. The molecular weight excluding hydrogens is 342 g/mol. The molecule has 3 aromatic rings. The van der Waals surface area contributed by atoms with Crippen molar-refractivity contribution in [2.24, 2.45) is 0 Å². The summed E-state index contributed by atoms with van der Waals surface area (Å²) in [4.78, 5) is 24.4. The number of fused-ring (bicyclic) bond motifs is 1. The molecule has 0 aliphatic carbocycles. The van der Waals surface area contributed by atoms with Crippen molar-refractivity contribution in [2.75, 3.05) is 12.4 Å². The topological polar surface area (TPSA) is 83.4 Å². The summed E-state index contributed by atoms with van der Waals surface area (Å²) in [6, 6.07) is 12.3. The fourth-order valence-corrected chi connectivity index (χ4v) is 3.18. The van der Waals surface area contributed by atoms with Crippen LogP contribution in [-0.2, 0) is 0 Å². The van der Waals surface area contributed by atoms with Gasteiger partial charge in [0, 0.05) is 29.2 Å². The van der Waals surface area contributed by atoms with Crippen molar-refractivity contribution in [2.45, 2.75) is 26.8 Å². The number of furan rings is 1. The lowest BCUT2D eigenvalue weighted by molar-refractivity contribution is 0.0962. The number of aryl methyl sites for hydroxylation is 1. The van der Waals surface area contributed by atoms with Crippen LogP contribution in [0, 0.1) is 13.8 Å². The molecule has 0 fully saturated rings. The Balaban J connectivity index is 1.76. The highest BCUT2D eigenvalue weighted by Crippen LogP contribution is 2.29. The molecule has 3 amide bonds. The third-order valence-electron chi connectivity index (χ3n) is 4.68. The van der Waals surface area contributed by atoms with E-state index in [1.54, 1.807) is 32.2 Å². The number of urea groups is 1. The second kappa shape index (κ2) is 7.53. The maximum Gasteiger partial charge on any atom is 0.319 e. The number of rotatable bonds is 4. The van der Waals surface area contributed by atoms with E-state index >= 15 is 0 Å². The minimum Gasteiger partial charge on any atom is -0.459 e. The molecule has 6 nitrogen and oxygen atoms in total. The van der Waals surface area contributed by atoms with Crippen LogP contribution in [0.25, 0.3) is 11.0 Å². The Morgan fingerprint density at radius 1 is 1.00 bits per heavy atom. The molecule has 0 radical (unpaired) electrons. The van der Waals surface area contributed by atoms with Crippen molar-refractivity contribution >= 4 is 28.6 Å². The number of carbonyl (C=O) groups excluding carboxylic acids is 2. The van der Waals surface area contributed by atoms with E-state index in [9.17, 15) is 9.59 Å². The Hall–Kier alpha value is -3.28. The van der Waals surface area contributed by atoms with Gasteiger partial charge in [0.15, 0.2) is 0 Å². The Morgan fingerprint density at radius 3 is 2.44 bits per heavy atom. The van der Waals surface area contributed by atoms with Crippen molar-refractivity contribution < 1.29 is 14.0 Å². The number of carbonyl (C=O) groups is 2. The molecule has 0 saturated carbocycles. The van der Waals surface area contributed by atoms with E-state index in [-0.39, 0.29) is 18.0 Å². The lowest BCUT2D eigenvalue weighted by Crippen LogP contribution is -2.31. The highest BCUT2D eigenvalue weighted by molar-refractivity contribution is 5.99. The first-order chi connectivity index (χ1) is 12.9. The Bertz CT molecular complexity index is 1010. The van der Waals surface area contributed by atoms with Gasteiger partial charge in [-0.3, -0.25) is 4.79 Å². The van der Waals surface area contributed by atoms with Crippen LogP contribution in [0.1, 0.15) is 40.2 Å². The van der Waals surface area contributed by atoms with E-state index in [0.29, 0.717) is 16.8 Å². The lowest BCUT2D eigenvalue weighted by Gasteiger charge is -2.16. The number of hydrogen-bond acceptors (Lipinski definition) is 3. The third kappa shape index (κ3) is 3.65. The van der Waals surface area contributed by atoms with Gasteiger partial charge in [-0.05, 0) is 44.5 Å². The molecule has 3 N–H and O–H groups in total. The van der Waals surface area contributed by atoms with Crippen LogP contribution in [0.15, 0.2) is 46.9 Å². The normalized spacial score (nSPS) is 11.9. The van der Waals surface area contributed by atoms with E-state index in [2.05, 4.69) is 16.0 Å². The maximum absolute atomic E-state index is 12.5. The molecule has 0 bridgehead atoms. The zero-order valence-corrected chi connectivity index (χ0v) is 15.8. The summed E-state index contributed by atoms with van der Waals surface area (Å²) in [5.74, 6) is 0.532. The predicted molar refractivity (Wildman–Crippen MR) is 106 cm³/mol. The summed E-state index contributed by atoms with van der Waals surface area (Å²) in [6.45, 7) is 5.65. The lowest BCUT2D eigenvalue weighted by atomic mass is 10.1. The summed E-state index contributed by atoms with van der Waals surface area (Å²) >= 11 is 0. The van der Waals surface area contributed by atoms with E-state index in [0.717, 1.165) is 22.3 Å². The molecule has 27 heavy (non-hydrogen) atoms. The summed E-state index contributed by atoms with van der Waals surface area (Å²) < 4.78 is 5.91. The average molecular weight is 365 g/mol. The largest absolute Gasteiger partial charge is 0.459 e. The second-order valence-electron chi connectivity index (χ2n) is 6.46. The Kier molecular flexibility index (Phi) is 5.16. The van der Waals surface area contributed by atoms with Crippen LogP contribution in [0.3, 0.4) is 0 Å². The molecule has 0 aliphatic heterocycles. The summed E-state index contributed by atoms with van der Waals surface area (Å²) in [5, 5.41) is 9.34. The van der Waals surface area contributed by atoms with Crippen LogP contribution < -0.4 is 16.0 Å². The van der Waals surface area contributed by atoms with Gasteiger partial charge in [-0.15, -0.1) is 0 Å². The van der Waals surface area contributed by atoms with Crippen LogP contribution in [0.4, 0.5) is 10.5 Å². The molecule has 6 heteroatoms. The molecule has 140 valence electrons. The van der Waals surface area contributed by atoms with Gasteiger partial charge in [-0.25, -0.2) is 4.79 Å². The van der Waals surface area contributed by atoms with Gasteiger partial charge >= 0.3 is 6.03 Å². The van der Waals surface area contributed by atoms with Gasteiger partial charge in [0.2, 0.25) is 0 Å². The summed E-state index contributed by atoms with van der Waals surface area (Å²) in [6.07, 6.45) is 0. The van der Waals surface area contributed by atoms with Crippen molar-refractivity contribution in [1.29, 1.82) is 0 Å². The number of anilines is 1. The fourth-order valence-electron chi connectivity index (χ4n) is 3.18. The minimum atomic E-state index is -0.362. The first-order valence-electron chi connectivity index (χ1n) is 8.79. The van der Waals surface area contributed by atoms with Crippen molar-refractivity contribution in [1.82, 2.24) is 10.6 Å². The fraction of sp³-hybridized carbons (Fsp3) is 0.238. The molecule has 0 spiro atoms. The van der Waals surface area contributed by atoms with E-state index in [4.69, 9.17) is 4.42 Å². The monoisotopic (exact) mass is 365 g/mol. The van der Waals surface area contributed by atoms with Crippen LogP contribution in [0.5, 0.6) is 0 Å². The van der Waals surface area contributed by atoms with Crippen molar-refractivity contribution in [3.8, 4) is 0 Å². The van der Waals surface area contributed by atoms with Crippen LogP contribution in [0.2, 0.25) is 0 Å². The molecule has 3 rings (SSSR count). The first kappa shape index (κ1) is 18.5. The number of hydrogen-bond donors (Lipinski definition) is 3. The quantitative estimate of drug-likeness (QED) is 0.645. The summed E-state index contributed by atoms with van der Waals surface area (Å²) in [7, 11) is 1.58. The van der Waals surface area contributed by atoms with Crippen molar-refractivity contribution in [3.05, 3.63) is 64.9 Å². The third-order valence-corrected chi connectivity index (χ3v) is 4.68. The van der Waals surface area contributed by atoms with Crippen molar-refractivity contribution in [3.63, 3.8) is 0 Å². The second-order valence-corrected chi connectivity index (χ2v) is 6.46. The zero-order chi connectivity index (χ0) is 19.6. The van der Waals surface area contributed by atoms with Gasteiger partial charge in [-0.1, -0.05) is 24.3 Å². The molecule has 1 heterocycles. The Labute approximate surface area is 157 Å². The van der Waals surface area contributed by atoms with Gasteiger partial charge < -0.3 is 20.4 Å². The maximum atomic E-state index is 12.5. The average Bonchev–Trinajstić information content (AvgIpc) is 3.00. The molecule has 1 atom stereocenters. The molecule has 0 aliphatic rings. The predicted octanol–water partition coefficient (Wildman–Crippen LogP) is 4.29. The molecule has 1 aromatic heterocycles. The highest BCUT2D eigenvalue weighted by Gasteiger charge is 2.19. The zero-order valence-electron chi connectivity index (χ0n) is 15.8. The number of nitrogens with one attached hydrogen (secondary N) is 3. The van der Waals surface area contributed by atoms with E-state index < -0.39 is 0 Å². The van der Waals surface area contributed by atoms with Gasteiger partial charge in [0.05, 0.1) is 6.04 Å².